The minimum atomic E-state index is -4.55. The number of nitrogens with zero attached hydrogens (tertiary/aromatic N) is 3. The summed E-state index contributed by atoms with van der Waals surface area (Å²) in [5, 5.41) is 0. The molecule has 4 rings (SSSR count). The molecule has 2 saturated heterocycles. The molecule has 3 amide bonds. The van der Waals surface area contributed by atoms with Gasteiger partial charge >= 0.3 is 18.2 Å². The molecular weight excluding hydrogens is 519 g/mol. The van der Waals surface area contributed by atoms with E-state index in [-0.39, 0.29) is 31.6 Å². The summed E-state index contributed by atoms with van der Waals surface area (Å²) < 4.78 is 49.8. The second-order valence-electron chi connectivity index (χ2n) is 9.49. The fraction of sp³-hybridized carbons (Fsp3) is 0.407. The van der Waals surface area contributed by atoms with E-state index in [4.69, 9.17) is 9.47 Å². The number of methoxy groups -OCH3 is 1. The van der Waals surface area contributed by atoms with Crippen LogP contribution in [0.15, 0.2) is 48.5 Å². The van der Waals surface area contributed by atoms with Crippen LogP contribution in [0, 0.1) is 6.92 Å². The Labute approximate surface area is 223 Å². The van der Waals surface area contributed by atoms with Crippen molar-refractivity contribution in [1.82, 2.24) is 14.7 Å². The van der Waals surface area contributed by atoms with Gasteiger partial charge in [-0.25, -0.2) is 4.79 Å². The Bertz CT molecular complexity index is 1250. The van der Waals surface area contributed by atoms with Gasteiger partial charge in [0, 0.05) is 19.5 Å². The van der Waals surface area contributed by atoms with Gasteiger partial charge in [0.15, 0.2) is 0 Å². The molecule has 2 aromatic carbocycles. The van der Waals surface area contributed by atoms with Gasteiger partial charge in [-0.3, -0.25) is 19.3 Å². The lowest BCUT2D eigenvalue weighted by Crippen LogP contribution is -2.71. The van der Waals surface area contributed by atoms with E-state index in [1.54, 1.807) is 0 Å². The van der Waals surface area contributed by atoms with Crippen molar-refractivity contribution in [1.29, 1.82) is 0 Å². The monoisotopic (exact) mass is 547 g/mol. The summed E-state index contributed by atoms with van der Waals surface area (Å²) >= 11 is 0. The molecule has 39 heavy (non-hydrogen) atoms. The zero-order valence-electron chi connectivity index (χ0n) is 21.4. The van der Waals surface area contributed by atoms with Crippen LogP contribution in [0.5, 0.6) is 0 Å². The first-order chi connectivity index (χ1) is 18.5. The molecule has 0 radical (unpaired) electrons. The molecule has 2 atom stereocenters. The average molecular weight is 548 g/mol. The highest BCUT2D eigenvalue weighted by Crippen LogP contribution is 2.32. The Morgan fingerprint density at radius 2 is 1.77 bits per heavy atom. The van der Waals surface area contributed by atoms with Gasteiger partial charge in [-0.1, -0.05) is 42.0 Å². The van der Waals surface area contributed by atoms with Gasteiger partial charge in [0.25, 0.3) is 0 Å². The van der Waals surface area contributed by atoms with Crippen molar-refractivity contribution in [2.75, 3.05) is 20.2 Å². The fourth-order valence-corrected chi connectivity index (χ4v) is 4.92. The van der Waals surface area contributed by atoms with E-state index in [2.05, 4.69) is 0 Å². The lowest BCUT2D eigenvalue weighted by atomic mass is 10.0. The van der Waals surface area contributed by atoms with E-state index in [0.717, 1.165) is 17.7 Å². The van der Waals surface area contributed by atoms with Gasteiger partial charge in [-0.2, -0.15) is 13.2 Å². The molecule has 0 bridgehead atoms. The van der Waals surface area contributed by atoms with Gasteiger partial charge in [-0.15, -0.1) is 0 Å². The highest BCUT2D eigenvalue weighted by atomic mass is 19.4. The molecule has 0 saturated carbocycles. The second kappa shape index (κ2) is 11.3. The van der Waals surface area contributed by atoms with Crippen LogP contribution >= 0.6 is 0 Å². The molecule has 0 unspecified atom stereocenters. The summed E-state index contributed by atoms with van der Waals surface area (Å²) in [7, 11) is 1.17. The summed E-state index contributed by atoms with van der Waals surface area (Å²) in [4.78, 5) is 55.7. The summed E-state index contributed by atoms with van der Waals surface area (Å²) in [6.07, 6.45) is -6.84. The molecule has 2 aliphatic rings. The van der Waals surface area contributed by atoms with Gasteiger partial charge in [0.2, 0.25) is 11.8 Å². The van der Waals surface area contributed by atoms with Crippen molar-refractivity contribution >= 4 is 23.9 Å². The number of hydrogen-bond donors (Lipinski definition) is 0. The van der Waals surface area contributed by atoms with Crippen LogP contribution in [-0.4, -0.2) is 71.0 Å². The van der Waals surface area contributed by atoms with Crippen LogP contribution in [0.3, 0.4) is 0 Å². The van der Waals surface area contributed by atoms with Crippen LogP contribution in [0.25, 0.3) is 0 Å². The maximum absolute atomic E-state index is 13.4. The number of halogens is 3. The van der Waals surface area contributed by atoms with Crippen molar-refractivity contribution in [2.24, 2.45) is 0 Å². The molecule has 9 nitrogen and oxygen atoms in total. The standard InChI is InChI=1S/C27H28F3N3O6/c1-17-10-19(12-20(11-17)27(28,29)30)16-39-26(37)32-9-8-23(34)33-21(13-24(35)38-2)25(36)31(15-22(32)33)14-18-6-4-3-5-7-18/h3-7,10-12,21-22H,8-9,13-16H2,1-2H3/t21-,22+/m0/s1. The predicted octanol–water partition coefficient (Wildman–Crippen LogP) is 3.48. The zero-order chi connectivity index (χ0) is 28.3. The molecule has 0 aromatic heterocycles. The Kier molecular flexibility index (Phi) is 8.12. The number of hydrogen-bond acceptors (Lipinski definition) is 6. The molecule has 12 heteroatoms. The van der Waals surface area contributed by atoms with Crippen LogP contribution in [0.1, 0.15) is 35.1 Å². The number of alkyl halides is 3. The molecule has 0 N–H and O–H groups in total. The van der Waals surface area contributed by atoms with Crippen molar-refractivity contribution < 1.29 is 41.8 Å². The zero-order valence-corrected chi connectivity index (χ0v) is 21.4. The number of ether oxygens (including phenoxy) is 2. The number of piperazine rings is 1. The maximum Gasteiger partial charge on any atom is 0.416 e. The Morgan fingerprint density at radius 1 is 1.05 bits per heavy atom. The van der Waals surface area contributed by atoms with E-state index < -0.39 is 60.9 Å². The summed E-state index contributed by atoms with van der Waals surface area (Å²) in [6.45, 7) is 1.23. The second-order valence-corrected chi connectivity index (χ2v) is 9.49. The largest absolute Gasteiger partial charge is 0.469 e. The van der Waals surface area contributed by atoms with Gasteiger partial charge in [-0.05, 0) is 30.2 Å². The molecule has 2 aliphatic heterocycles. The number of carbonyl (C=O) groups is 4. The van der Waals surface area contributed by atoms with Crippen LogP contribution in [0.2, 0.25) is 0 Å². The first kappa shape index (κ1) is 27.9. The van der Waals surface area contributed by atoms with E-state index in [1.165, 1.54) is 34.8 Å². The van der Waals surface area contributed by atoms with Crippen molar-refractivity contribution in [3.8, 4) is 0 Å². The number of benzene rings is 2. The highest BCUT2D eigenvalue weighted by molar-refractivity contribution is 5.93. The molecular formula is C27H28F3N3O6. The summed E-state index contributed by atoms with van der Waals surface area (Å²) in [5.41, 5.74) is 0.482. The normalized spacial score (nSPS) is 19.6. The average Bonchev–Trinajstić information content (AvgIpc) is 2.89. The van der Waals surface area contributed by atoms with Crippen molar-refractivity contribution in [3.63, 3.8) is 0 Å². The van der Waals surface area contributed by atoms with Gasteiger partial charge in [0.1, 0.15) is 18.8 Å². The molecule has 2 heterocycles. The first-order valence-electron chi connectivity index (χ1n) is 12.3. The number of carbonyl (C=O) groups excluding carboxylic acids is 4. The highest BCUT2D eigenvalue weighted by Gasteiger charge is 2.49. The third-order valence-electron chi connectivity index (χ3n) is 6.72. The van der Waals surface area contributed by atoms with E-state index >= 15 is 0 Å². The van der Waals surface area contributed by atoms with E-state index in [0.29, 0.717) is 5.56 Å². The number of amides is 3. The number of esters is 1. The van der Waals surface area contributed by atoms with E-state index in [1.807, 2.05) is 30.3 Å². The first-order valence-corrected chi connectivity index (χ1v) is 12.3. The SMILES string of the molecule is COC(=O)C[C@H]1C(=O)N(Cc2ccccc2)C[C@@H]2N(C(=O)OCc3cc(C)cc(C(F)(F)F)c3)CCC(=O)N21. The lowest BCUT2D eigenvalue weighted by molar-refractivity contribution is -0.171. The minimum absolute atomic E-state index is 0.0151. The van der Waals surface area contributed by atoms with Crippen molar-refractivity contribution in [3.05, 3.63) is 70.8 Å². The fourth-order valence-electron chi connectivity index (χ4n) is 4.92. The quantitative estimate of drug-likeness (QED) is 0.514. The number of aryl methyl sites for hydroxylation is 1. The smallest absolute Gasteiger partial charge is 0.416 e. The molecule has 2 aromatic rings. The maximum atomic E-state index is 13.4. The third kappa shape index (κ3) is 6.32. The van der Waals surface area contributed by atoms with Crippen LogP contribution < -0.4 is 0 Å². The number of fused-ring (bicyclic) bond motifs is 1. The summed E-state index contributed by atoms with van der Waals surface area (Å²) in [5.74, 6) is -1.55. The Balaban J connectivity index is 1.57. The van der Waals surface area contributed by atoms with E-state index in [9.17, 15) is 32.3 Å². The number of rotatable bonds is 6. The topological polar surface area (TPSA) is 96.5 Å². The predicted molar refractivity (Wildman–Crippen MR) is 131 cm³/mol. The Morgan fingerprint density at radius 3 is 2.44 bits per heavy atom. The summed E-state index contributed by atoms with van der Waals surface area (Å²) in [6, 6.07) is 11.3. The van der Waals surface area contributed by atoms with Crippen molar-refractivity contribution in [2.45, 2.75) is 51.3 Å². The molecule has 2 fully saturated rings. The minimum Gasteiger partial charge on any atom is -0.469 e. The van der Waals surface area contributed by atoms with Gasteiger partial charge in [0.05, 0.1) is 25.6 Å². The Hall–Kier alpha value is -4.09. The lowest BCUT2D eigenvalue weighted by Gasteiger charge is -2.51. The van der Waals surface area contributed by atoms with Crippen LogP contribution in [-0.2, 0) is 43.2 Å². The van der Waals surface area contributed by atoms with Crippen LogP contribution in [0.4, 0.5) is 18.0 Å². The molecule has 0 aliphatic carbocycles. The molecule has 0 spiro atoms. The van der Waals surface area contributed by atoms with Gasteiger partial charge < -0.3 is 19.3 Å². The molecule has 208 valence electrons. The third-order valence-corrected chi connectivity index (χ3v) is 6.72.